The number of benzene rings is 2. The number of amides is 2. The first-order valence-corrected chi connectivity index (χ1v) is 10.7. The molecule has 0 spiro atoms. The Morgan fingerprint density at radius 3 is 2.57 bits per heavy atom. The number of nitrogens with one attached hydrogen (secondary N) is 1. The minimum absolute atomic E-state index is 0.0823. The fourth-order valence-corrected chi connectivity index (χ4v) is 4.21. The molecule has 1 saturated heterocycles. The van der Waals surface area contributed by atoms with Crippen LogP contribution >= 0.6 is 24.0 Å². The van der Waals surface area contributed by atoms with Gasteiger partial charge in [0.15, 0.2) is 0 Å². The van der Waals surface area contributed by atoms with Crippen LogP contribution in [-0.4, -0.2) is 39.2 Å². The summed E-state index contributed by atoms with van der Waals surface area (Å²) in [5, 5.41) is 12.1. The van der Waals surface area contributed by atoms with Gasteiger partial charge in [0, 0.05) is 19.5 Å². The Kier molecular flexibility index (Phi) is 7.59. The quantitative estimate of drug-likeness (QED) is 0.478. The number of nitrogens with zero attached hydrogens (tertiary/aromatic N) is 1. The molecule has 2 aromatic carbocycles. The Morgan fingerprint density at radius 2 is 1.87 bits per heavy atom. The lowest BCUT2D eigenvalue weighted by atomic mass is 10.1. The smallest absolute Gasteiger partial charge is 0.266 e. The van der Waals surface area contributed by atoms with Crippen molar-refractivity contribution < 1.29 is 19.1 Å². The molecule has 1 heterocycles. The van der Waals surface area contributed by atoms with Gasteiger partial charge in [0.2, 0.25) is 5.91 Å². The lowest BCUT2D eigenvalue weighted by Gasteiger charge is -2.14. The Bertz CT molecular complexity index is 959. The molecule has 3 rings (SSSR count). The second-order valence-corrected chi connectivity index (χ2v) is 8.43. The number of thiocarbonyl (C=S) groups is 1. The number of phenolic OH excluding ortho intramolecular Hbond substituents is 1. The molecule has 2 aromatic rings. The highest BCUT2D eigenvalue weighted by molar-refractivity contribution is 8.26. The van der Waals surface area contributed by atoms with E-state index in [0.29, 0.717) is 41.6 Å². The molecule has 0 saturated carbocycles. The van der Waals surface area contributed by atoms with E-state index in [2.05, 4.69) is 5.32 Å². The average Bonchev–Trinajstić information content (AvgIpc) is 2.98. The summed E-state index contributed by atoms with van der Waals surface area (Å²) in [6, 6.07) is 12.7. The predicted molar refractivity (Wildman–Crippen MR) is 120 cm³/mol. The minimum Gasteiger partial charge on any atom is -0.508 e. The lowest BCUT2D eigenvalue weighted by Crippen LogP contribution is -2.31. The molecule has 0 atom stereocenters. The van der Waals surface area contributed by atoms with Crippen LogP contribution in [0.1, 0.15) is 24.0 Å². The number of hydrogen-bond acceptors (Lipinski definition) is 5. The minimum atomic E-state index is -0.332. The van der Waals surface area contributed by atoms with Crippen LogP contribution in [0.5, 0.6) is 5.75 Å². The van der Waals surface area contributed by atoms with Crippen molar-refractivity contribution in [1.82, 2.24) is 10.2 Å². The zero-order chi connectivity index (χ0) is 21.5. The molecule has 5 nitrogen and oxygen atoms in total. The van der Waals surface area contributed by atoms with Crippen LogP contribution in [-0.2, 0) is 16.0 Å². The van der Waals surface area contributed by atoms with Crippen LogP contribution in [0.15, 0.2) is 53.4 Å². The highest BCUT2D eigenvalue weighted by Gasteiger charge is 2.31. The summed E-state index contributed by atoms with van der Waals surface area (Å²) in [5.74, 6) is -0.393. The third-order valence-corrected chi connectivity index (χ3v) is 5.88. The molecular weight excluding hydrogens is 423 g/mol. The van der Waals surface area contributed by atoms with Gasteiger partial charge in [0.05, 0.1) is 4.91 Å². The Hall–Kier alpha value is -2.71. The van der Waals surface area contributed by atoms with E-state index in [9.17, 15) is 19.1 Å². The van der Waals surface area contributed by atoms with Crippen molar-refractivity contribution in [2.24, 2.45) is 0 Å². The largest absolute Gasteiger partial charge is 0.508 e. The van der Waals surface area contributed by atoms with E-state index in [1.54, 1.807) is 30.3 Å². The van der Waals surface area contributed by atoms with Gasteiger partial charge in [-0.3, -0.25) is 14.5 Å². The maximum absolute atomic E-state index is 13.0. The van der Waals surface area contributed by atoms with Crippen molar-refractivity contribution in [1.29, 1.82) is 0 Å². The van der Waals surface area contributed by atoms with E-state index in [1.807, 2.05) is 12.1 Å². The molecular formula is C22H21FN2O3S2. The highest BCUT2D eigenvalue weighted by atomic mass is 32.2. The fraction of sp³-hybridized carbons (Fsp3) is 0.227. The lowest BCUT2D eigenvalue weighted by molar-refractivity contribution is -0.123. The monoisotopic (exact) mass is 444 g/mol. The van der Waals surface area contributed by atoms with E-state index >= 15 is 0 Å². The summed E-state index contributed by atoms with van der Waals surface area (Å²) in [7, 11) is 0. The average molecular weight is 445 g/mol. The second-order valence-electron chi connectivity index (χ2n) is 6.75. The van der Waals surface area contributed by atoms with Crippen molar-refractivity contribution in [3.05, 3.63) is 70.4 Å². The van der Waals surface area contributed by atoms with Gasteiger partial charge in [-0.25, -0.2) is 4.39 Å². The number of carbonyl (C=O) groups excluding carboxylic acids is 2. The Balaban J connectivity index is 1.42. The molecule has 156 valence electrons. The summed E-state index contributed by atoms with van der Waals surface area (Å²) in [4.78, 5) is 26.6. The van der Waals surface area contributed by atoms with Crippen molar-refractivity contribution in [2.45, 2.75) is 19.3 Å². The van der Waals surface area contributed by atoms with Gasteiger partial charge >= 0.3 is 0 Å². The van der Waals surface area contributed by atoms with Crippen molar-refractivity contribution in [3.8, 4) is 5.75 Å². The Labute approximate surface area is 184 Å². The number of aromatic hydroxyl groups is 1. The number of rotatable bonds is 8. The SMILES string of the molecule is O=C(CCCN1C(=O)C(=Cc2ccc(F)cc2)SC1=S)NCCc1ccc(O)cc1. The zero-order valence-corrected chi connectivity index (χ0v) is 17.8. The van der Waals surface area contributed by atoms with Gasteiger partial charge in [0.1, 0.15) is 15.9 Å². The molecule has 30 heavy (non-hydrogen) atoms. The first kappa shape index (κ1) is 22.0. The summed E-state index contributed by atoms with van der Waals surface area (Å²) < 4.78 is 13.5. The van der Waals surface area contributed by atoms with E-state index in [4.69, 9.17) is 12.2 Å². The van der Waals surface area contributed by atoms with Gasteiger partial charge in [-0.15, -0.1) is 0 Å². The van der Waals surface area contributed by atoms with Gasteiger partial charge in [-0.1, -0.05) is 48.2 Å². The molecule has 1 aliphatic heterocycles. The number of thioether (sulfide) groups is 1. The van der Waals surface area contributed by atoms with Crippen LogP contribution < -0.4 is 5.32 Å². The third kappa shape index (κ3) is 6.14. The normalized spacial score (nSPS) is 15.1. The van der Waals surface area contributed by atoms with E-state index in [0.717, 1.165) is 11.1 Å². The third-order valence-electron chi connectivity index (χ3n) is 4.50. The maximum atomic E-state index is 13.0. The molecule has 0 aromatic heterocycles. The molecule has 1 aliphatic rings. The van der Waals surface area contributed by atoms with Crippen LogP contribution in [0, 0.1) is 5.82 Å². The predicted octanol–water partition coefficient (Wildman–Crippen LogP) is 3.87. The number of carbonyl (C=O) groups is 2. The number of halogens is 1. The molecule has 0 radical (unpaired) electrons. The van der Waals surface area contributed by atoms with Crippen LogP contribution in [0.2, 0.25) is 0 Å². The van der Waals surface area contributed by atoms with Crippen LogP contribution in [0.3, 0.4) is 0 Å². The summed E-state index contributed by atoms with van der Waals surface area (Å²) >= 11 is 6.50. The first-order chi connectivity index (χ1) is 14.4. The van der Waals surface area contributed by atoms with Crippen molar-refractivity contribution in [2.75, 3.05) is 13.1 Å². The van der Waals surface area contributed by atoms with E-state index in [-0.39, 0.29) is 23.4 Å². The fourth-order valence-electron chi connectivity index (χ4n) is 2.90. The Morgan fingerprint density at radius 1 is 1.17 bits per heavy atom. The molecule has 2 amide bonds. The summed E-state index contributed by atoms with van der Waals surface area (Å²) in [6.07, 6.45) is 3.16. The number of hydrogen-bond donors (Lipinski definition) is 2. The topological polar surface area (TPSA) is 69.6 Å². The summed E-state index contributed by atoms with van der Waals surface area (Å²) in [5.41, 5.74) is 1.75. The molecule has 0 unspecified atom stereocenters. The summed E-state index contributed by atoms with van der Waals surface area (Å²) in [6.45, 7) is 0.877. The van der Waals surface area contributed by atoms with Crippen LogP contribution in [0.4, 0.5) is 4.39 Å². The second kappa shape index (κ2) is 10.4. The molecule has 0 bridgehead atoms. The van der Waals surface area contributed by atoms with Gasteiger partial charge < -0.3 is 10.4 Å². The van der Waals surface area contributed by atoms with E-state index in [1.165, 1.54) is 28.8 Å². The molecule has 8 heteroatoms. The standard InChI is InChI=1S/C22H21FN2O3S2/c23-17-7-3-16(4-8-17)14-19-21(28)25(22(29)30-19)13-1-2-20(27)24-12-11-15-5-9-18(26)10-6-15/h3-10,14,26H,1-2,11-13H2,(H,24,27). The highest BCUT2D eigenvalue weighted by Crippen LogP contribution is 2.32. The van der Waals surface area contributed by atoms with E-state index < -0.39 is 0 Å². The molecule has 1 fully saturated rings. The first-order valence-electron chi connectivity index (χ1n) is 9.48. The molecule has 2 N–H and O–H groups in total. The van der Waals surface area contributed by atoms with Crippen molar-refractivity contribution in [3.63, 3.8) is 0 Å². The van der Waals surface area contributed by atoms with Crippen molar-refractivity contribution >= 4 is 46.2 Å². The number of phenols is 1. The molecule has 0 aliphatic carbocycles. The maximum Gasteiger partial charge on any atom is 0.266 e. The zero-order valence-electron chi connectivity index (χ0n) is 16.1. The van der Waals surface area contributed by atoms with Gasteiger partial charge in [-0.2, -0.15) is 0 Å². The van der Waals surface area contributed by atoms with Gasteiger partial charge in [0.25, 0.3) is 5.91 Å². The van der Waals surface area contributed by atoms with Crippen LogP contribution in [0.25, 0.3) is 6.08 Å². The van der Waals surface area contributed by atoms with Gasteiger partial charge in [-0.05, 0) is 54.3 Å².